The molecule has 0 saturated heterocycles. The second-order valence-electron chi connectivity index (χ2n) is 2.58. The topological polar surface area (TPSA) is 90.7 Å². The van der Waals surface area contributed by atoms with Crippen molar-refractivity contribution >= 4 is 29.3 Å². The highest BCUT2D eigenvalue weighted by Gasteiger charge is 2.08. The third-order valence-corrected chi connectivity index (χ3v) is 2.34. The summed E-state index contributed by atoms with van der Waals surface area (Å²) in [5.74, 6) is 0.604. The Morgan fingerprint density at radius 2 is 2.20 bits per heavy atom. The molecular formula is C7H6ClN5OS. The van der Waals surface area contributed by atoms with E-state index in [0.717, 1.165) is 0 Å². The second-order valence-corrected chi connectivity index (χ2v) is 3.94. The van der Waals surface area contributed by atoms with Gasteiger partial charge in [-0.25, -0.2) is 9.97 Å². The zero-order chi connectivity index (χ0) is 10.8. The minimum absolute atomic E-state index is 0.112. The van der Waals surface area contributed by atoms with Crippen molar-refractivity contribution in [2.75, 3.05) is 5.73 Å². The maximum atomic E-state index is 5.71. The fourth-order valence-electron chi connectivity index (χ4n) is 0.875. The molecule has 15 heavy (non-hydrogen) atoms. The Balaban J connectivity index is 2.24. The molecule has 6 nitrogen and oxygen atoms in total. The highest BCUT2D eigenvalue weighted by atomic mass is 35.5. The number of rotatable bonds is 2. The average molecular weight is 244 g/mol. The standard InChI is InChI=1S/C7H6ClN5OS/c1-3-12-13-7(14-3)15-5-2-4(8)10-6(9)11-5/h2H,1H3,(H2,9,10,11). The van der Waals surface area contributed by atoms with Crippen molar-refractivity contribution in [3.8, 4) is 0 Å². The van der Waals surface area contributed by atoms with Gasteiger partial charge in [0.2, 0.25) is 11.8 Å². The Bertz CT molecular complexity index is 468. The maximum Gasteiger partial charge on any atom is 0.282 e. The summed E-state index contributed by atoms with van der Waals surface area (Å²) < 4.78 is 5.16. The fraction of sp³-hybridized carbons (Fsp3) is 0.143. The van der Waals surface area contributed by atoms with Crippen LogP contribution in [0.1, 0.15) is 5.89 Å². The number of aryl methyl sites for hydroxylation is 1. The predicted octanol–water partition coefficient (Wildman–Crippen LogP) is 1.55. The molecule has 0 aliphatic heterocycles. The molecule has 2 N–H and O–H groups in total. The number of nitrogens with zero attached hydrogens (tertiary/aromatic N) is 4. The van der Waals surface area contributed by atoms with Crippen LogP contribution in [0.2, 0.25) is 5.15 Å². The van der Waals surface area contributed by atoms with Crippen molar-refractivity contribution < 1.29 is 4.42 Å². The molecule has 0 spiro atoms. The van der Waals surface area contributed by atoms with Crippen molar-refractivity contribution in [3.63, 3.8) is 0 Å². The van der Waals surface area contributed by atoms with Gasteiger partial charge in [0.15, 0.2) is 0 Å². The number of halogens is 1. The van der Waals surface area contributed by atoms with E-state index in [1.54, 1.807) is 13.0 Å². The van der Waals surface area contributed by atoms with E-state index in [-0.39, 0.29) is 11.1 Å². The van der Waals surface area contributed by atoms with Crippen LogP contribution in [-0.2, 0) is 0 Å². The molecule has 0 bridgehead atoms. The fourth-order valence-corrected chi connectivity index (χ4v) is 1.86. The molecule has 2 heterocycles. The second kappa shape index (κ2) is 4.03. The predicted molar refractivity (Wildman–Crippen MR) is 54.6 cm³/mol. The summed E-state index contributed by atoms with van der Waals surface area (Å²) >= 11 is 6.89. The number of hydrogen-bond donors (Lipinski definition) is 1. The van der Waals surface area contributed by atoms with Crippen LogP contribution >= 0.6 is 23.4 Å². The Morgan fingerprint density at radius 1 is 1.40 bits per heavy atom. The molecule has 0 unspecified atom stereocenters. The van der Waals surface area contributed by atoms with Gasteiger partial charge < -0.3 is 10.2 Å². The van der Waals surface area contributed by atoms with Crippen molar-refractivity contribution in [3.05, 3.63) is 17.1 Å². The van der Waals surface area contributed by atoms with Crippen molar-refractivity contribution in [2.24, 2.45) is 0 Å². The highest BCUT2D eigenvalue weighted by molar-refractivity contribution is 7.99. The van der Waals surface area contributed by atoms with E-state index in [4.69, 9.17) is 21.8 Å². The molecule has 0 aliphatic rings. The van der Waals surface area contributed by atoms with Gasteiger partial charge in [0.05, 0.1) is 0 Å². The first-order valence-electron chi connectivity index (χ1n) is 3.91. The number of nitrogen functional groups attached to an aromatic ring is 1. The summed E-state index contributed by atoms with van der Waals surface area (Å²) in [6.07, 6.45) is 0. The van der Waals surface area contributed by atoms with E-state index in [0.29, 0.717) is 16.1 Å². The lowest BCUT2D eigenvalue weighted by Gasteiger charge is -1.97. The Morgan fingerprint density at radius 3 is 2.80 bits per heavy atom. The highest BCUT2D eigenvalue weighted by Crippen LogP contribution is 2.26. The van der Waals surface area contributed by atoms with E-state index < -0.39 is 0 Å². The molecule has 2 aromatic heterocycles. The third-order valence-electron chi connectivity index (χ3n) is 1.39. The molecule has 0 atom stereocenters. The van der Waals surface area contributed by atoms with Gasteiger partial charge in [-0.1, -0.05) is 11.6 Å². The summed E-state index contributed by atoms with van der Waals surface area (Å²) in [6.45, 7) is 1.71. The Hall–Kier alpha value is -1.34. The monoisotopic (exact) mass is 243 g/mol. The molecule has 78 valence electrons. The van der Waals surface area contributed by atoms with Crippen molar-refractivity contribution in [1.82, 2.24) is 20.2 Å². The third kappa shape index (κ3) is 2.57. The number of hydrogen-bond acceptors (Lipinski definition) is 7. The molecule has 0 amide bonds. The first-order valence-corrected chi connectivity index (χ1v) is 5.11. The lowest BCUT2D eigenvalue weighted by Crippen LogP contribution is -1.95. The summed E-state index contributed by atoms with van der Waals surface area (Å²) in [4.78, 5) is 7.69. The molecule has 2 aromatic rings. The maximum absolute atomic E-state index is 5.71. The lowest BCUT2D eigenvalue weighted by atomic mass is 10.7. The molecular weight excluding hydrogens is 238 g/mol. The zero-order valence-electron chi connectivity index (χ0n) is 7.64. The number of anilines is 1. The van der Waals surface area contributed by atoms with Gasteiger partial charge in [0, 0.05) is 13.0 Å². The van der Waals surface area contributed by atoms with Crippen LogP contribution in [0.5, 0.6) is 0 Å². The van der Waals surface area contributed by atoms with Gasteiger partial charge in [-0.2, -0.15) is 0 Å². The normalized spacial score (nSPS) is 10.5. The van der Waals surface area contributed by atoms with E-state index >= 15 is 0 Å². The molecule has 0 radical (unpaired) electrons. The Kier molecular flexibility index (Phi) is 2.74. The lowest BCUT2D eigenvalue weighted by molar-refractivity contribution is 0.429. The van der Waals surface area contributed by atoms with Gasteiger partial charge in [-0.3, -0.25) is 0 Å². The minimum atomic E-state index is 0.112. The van der Waals surface area contributed by atoms with Crippen LogP contribution in [0.3, 0.4) is 0 Å². The van der Waals surface area contributed by atoms with E-state index in [9.17, 15) is 0 Å². The summed E-state index contributed by atoms with van der Waals surface area (Å²) in [5, 5.41) is 8.72. The minimum Gasteiger partial charge on any atom is -0.416 e. The van der Waals surface area contributed by atoms with Gasteiger partial charge >= 0.3 is 0 Å². The van der Waals surface area contributed by atoms with Crippen molar-refractivity contribution in [1.29, 1.82) is 0 Å². The van der Waals surface area contributed by atoms with E-state index in [1.165, 1.54) is 11.8 Å². The van der Waals surface area contributed by atoms with E-state index in [2.05, 4.69) is 20.2 Å². The van der Waals surface area contributed by atoms with E-state index in [1.807, 2.05) is 0 Å². The van der Waals surface area contributed by atoms with Gasteiger partial charge in [-0.15, -0.1) is 10.2 Å². The average Bonchev–Trinajstić information content (AvgIpc) is 2.49. The zero-order valence-corrected chi connectivity index (χ0v) is 9.21. The largest absolute Gasteiger partial charge is 0.416 e. The quantitative estimate of drug-likeness (QED) is 0.800. The number of nitrogens with two attached hydrogens (primary N) is 1. The van der Waals surface area contributed by atoms with Crippen LogP contribution < -0.4 is 5.73 Å². The summed E-state index contributed by atoms with van der Waals surface area (Å²) in [5.41, 5.74) is 5.43. The van der Waals surface area contributed by atoms with Gasteiger partial charge in [0.1, 0.15) is 10.2 Å². The van der Waals surface area contributed by atoms with Crippen LogP contribution in [0.25, 0.3) is 0 Å². The molecule has 8 heteroatoms. The molecule has 0 aromatic carbocycles. The molecule has 0 aliphatic carbocycles. The Labute approximate surface area is 94.3 Å². The number of aromatic nitrogens is 4. The van der Waals surface area contributed by atoms with Crippen LogP contribution in [0.15, 0.2) is 20.7 Å². The summed E-state index contributed by atoms with van der Waals surface area (Å²) in [7, 11) is 0. The van der Waals surface area contributed by atoms with Gasteiger partial charge in [0.25, 0.3) is 5.22 Å². The molecule has 0 fully saturated rings. The SMILES string of the molecule is Cc1nnc(Sc2cc(Cl)nc(N)n2)o1. The molecule has 2 rings (SSSR count). The summed E-state index contributed by atoms with van der Waals surface area (Å²) in [6, 6.07) is 1.57. The van der Waals surface area contributed by atoms with Crippen molar-refractivity contribution in [2.45, 2.75) is 17.2 Å². The molecule has 0 saturated carbocycles. The van der Waals surface area contributed by atoms with Crippen LogP contribution in [0.4, 0.5) is 5.95 Å². The van der Waals surface area contributed by atoms with Gasteiger partial charge in [-0.05, 0) is 11.8 Å². The first kappa shape index (κ1) is 10.2. The van der Waals surface area contributed by atoms with Crippen LogP contribution in [0, 0.1) is 6.92 Å². The first-order chi connectivity index (χ1) is 7.13. The smallest absolute Gasteiger partial charge is 0.282 e. The van der Waals surface area contributed by atoms with Crippen LogP contribution in [-0.4, -0.2) is 20.2 Å².